The molecule has 4 heteroatoms. The van der Waals surface area contributed by atoms with E-state index < -0.39 is 0 Å². The fourth-order valence-corrected chi connectivity index (χ4v) is 4.91. The topological polar surface area (TPSA) is 23.6 Å². The summed E-state index contributed by atoms with van der Waals surface area (Å²) in [7, 11) is 3.63. The summed E-state index contributed by atoms with van der Waals surface area (Å²) in [5.74, 6) is 1.19. The van der Waals surface area contributed by atoms with Crippen LogP contribution in [0.5, 0.6) is 0 Å². The number of rotatable bonds is 4. The van der Waals surface area contributed by atoms with E-state index in [0.29, 0.717) is 6.42 Å². The molecular weight excluding hydrogens is 315 g/mol. The van der Waals surface area contributed by atoms with Crippen molar-refractivity contribution in [2.45, 2.75) is 49.9 Å². The average Bonchev–Trinajstić information content (AvgIpc) is 3.35. The van der Waals surface area contributed by atoms with Gasteiger partial charge in [0, 0.05) is 27.1 Å². The first-order valence-corrected chi connectivity index (χ1v) is 9.69. The highest BCUT2D eigenvalue weighted by molar-refractivity contribution is 5.77. The van der Waals surface area contributed by atoms with Gasteiger partial charge in [0.15, 0.2) is 0 Å². The quantitative estimate of drug-likeness (QED) is 0.834. The number of carbonyl (C=O) groups is 1. The molecule has 1 spiro atoms. The Hall–Kier alpha value is -1.42. The van der Waals surface area contributed by atoms with E-state index in [0.717, 1.165) is 38.3 Å². The molecular formula is C21H29FN2O. The molecule has 3 nitrogen and oxygen atoms in total. The van der Waals surface area contributed by atoms with Gasteiger partial charge in [0.05, 0.1) is 0 Å². The average molecular weight is 344 g/mol. The van der Waals surface area contributed by atoms with Crippen molar-refractivity contribution in [2.75, 3.05) is 33.7 Å². The molecule has 0 bridgehead atoms. The molecule has 25 heavy (non-hydrogen) atoms. The molecule has 0 unspecified atom stereocenters. The van der Waals surface area contributed by atoms with E-state index in [1.807, 2.05) is 20.2 Å². The number of benzene rings is 1. The summed E-state index contributed by atoms with van der Waals surface area (Å²) in [6.45, 7) is 3.47. The molecule has 136 valence electrons. The van der Waals surface area contributed by atoms with E-state index in [2.05, 4.69) is 4.90 Å². The molecule has 0 N–H and O–H groups in total. The van der Waals surface area contributed by atoms with E-state index in [4.69, 9.17) is 0 Å². The zero-order valence-corrected chi connectivity index (χ0v) is 15.4. The van der Waals surface area contributed by atoms with Crippen molar-refractivity contribution in [3.05, 3.63) is 35.1 Å². The van der Waals surface area contributed by atoms with Crippen molar-refractivity contribution in [3.8, 4) is 0 Å². The second-order valence-corrected chi connectivity index (χ2v) is 8.65. The van der Waals surface area contributed by atoms with E-state index in [1.54, 1.807) is 17.0 Å². The van der Waals surface area contributed by atoms with Gasteiger partial charge in [0.25, 0.3) is 0 Å². The van der Waals surface area contributed by atoms with Gasteiger partial charge in [-0.05, 0) is 85.7 Å². The van der Waals surface area contributed by atoms with E-state index in [-0.39, 0.29) is 23.1 Å². The highest BCUT2D eigenvalue weighted by atomic mass is 19.1. The fraction of sp³-hybridized carbons (Fsp3) is 0.667. The molecule has 1 aromatic carbocycles. The molecule has 1 saturated carbocycles. The third kappa shape index (κ3) is 3.33. The van der Waals surface area contributed by atoms with Crippen LogP contribution in [0.15, 0.2) is 18.2 Å². The Bertz CT molecular complexity index is 660. The van der Waals surface area contributed by atoms with Gasteiger partial charge in [-0.15, -0.1) is 0 Å². The van der Waals surface area contributed by atoms with Crippen LogP contribution in [0, 0.1) is 11.7 Å². The van der Waals surface area contributed by atoms with E-state index in [9.17, 15) is 9.18 Å². The zero-order valence-electron chi connectivity index (χ0n) is 15.4. The lowest BCUT2D eigenvalue weighted by molar-refractivity contribution is -0.129. The molecule has 4 rings (SSSR count). The first kappa shape index (κ1) is 17.0. The first-order chi connectivity index (χ1) is 12.0. The number of likely N-dealkylation sites (tertiary alicyclic amines) is 1. The summed E-state index contributed by atoms with van der Waals surface area (Å²) >= 11 is 0. The van der Waals surface area contributed by atoms with Crippen LogP contribution < -0.4 is 0 Å². The highest BCUT2D eigenvalue weighted by Gasteiger charge is 2.46. The Labute approximate surface area is 150 Å². The number of halogens is 1. The summed E-state index contributed by atoms with van der Waals surface area (Å²) in [4.78, 5) is 16.5. The molecule has 0 radical (unpaired) electrons. The molecule has 1 saturated heterocycles. The molecule has 1 amide bonds. The lowest BCUT2D eigenvalue weighted by atomic mass is 9.73. The van der Waals surface area contributed by atoms with Crippen molar-refractivity contribution >= 4 is 5.91 Å². The van der Waals surface area contributed by atoms with Gasteiger partial charge in [-0.1, -0.05) is 6.07 Å². The summed E-state index contributed by atoms with van der Waals surface area (Å²) < 4.78 is 14.0. The summed E-state index contributed by atoms with van der Waals surface area (Å²) in [6.07, 6.45) is 6.53. The Balaban J connectivity index is 1.55. The lowest BCUT2D eigenvalue weighted by Crippen LogP contribution is -2.42. The molecule has 1 aromatic rings. The number of fused-ring (bicyclic) bond motifs is 2. The number of amides is 1. The second-order valence-electron chi connectivity index (χ2n) is 8.65. The molecule has 1 heterocycles. The van der Waals surface area contributed by atoms with E-state index >= 15 is 0 Å². The monoisotopic (exact) mass is 344 g/mol. The number of nitrogens with zero attached hydrogens (tertiary/aromatic N) is 2. The molecule has 2 aliphatic carbocycles. The minimum absolute atomic E-state index is 0.0781. The molecule has 0 aromatic heterocycles. The largest absolute Gasteiger partial charge is 0.349 e. The number of piperidine rings is 1. The minimum atomic E-state index is -0.141. The third-order valence-corrected chi connectivity index (χ3v) is 6.61. The Kier molecular flexibility index (Phi) is 4.35. The van der Waals surface area contributed by atoms with Gasteiger partial charge in [-0.25, -0.2) is 4.39 Å². The van der Waals surface area contributed by atoms with Gasteiger partial charge in [0.1, 0.15) is 5.82 Å². The van der Waals surface area contributed by atoms with Gasteiger partial charge in [-0.2, -0.15) is 0 Å². The van der Waals surface area contributed by atoms with Crippen molar-refractivity contribution in [3.63, 3.8) is 0 Å². The second kappa shape index (κ2) is 6.39. The van der Waals surface area contributed by atoms with Gasteiger partial charge >= 0.3 is 0 Å². The van der Waals surface area contributed by atoms with E-state index in [1.165, 1.54) is 30.5 Å². The highest BCUT2D eigenvalue weighted by Crippen LogP contribution is 2.53. The summed E-state index contributed by atoms with van der Waals surface area (Å²) in [5.41, 5.74) is 2.48. The van der Waals surface area contributed by atoms with Gasteiger partial charge in [-0.3, -0.25) is 4.79 Å². The van der Waals surface area contributed by atoms with Crippen LogP contribution >= 0.6 is 0 Å². The Morgan fingerprint density at radius 1 is 1.28 bits per heavy atom. The maximum absolute atomic E-state index is 14.0. The first-order valence-electron chi connectivity index (χ1n) is 9.69. The van der Waals surface area contributed by atoms with Crippen molar-refractivity contribution in [1.82, 2.24) is 9.80 Å². The van der Waals surface area contributed by atoms with Crippen LogP contribution in [0.25, 0.3) is 0 Å². The predicted molar refractivity (Wildman–Crippen MR) is 97.1 cm³/mol. The van der Waals surface area contributed by atoms with Crippen LogP contribution in [-0.2, 0) is 10.2 Å². The Morgan fingerprint density at radius 2 is 2.00 bits per heavy atom. The van der Waals surface area contributed by atoms with Crippen LogP contribution in [0.3, 0.4) is 0 Å². The summed E-state index contributed by atoms with van der Waals surface area (Å²) in [6, 6.07) is 5.25. The molecule has 1 atom stereocenters. The third-order valence-electron chi connectivity index (χ3n) is 6.61. The van der Waals surface area contributed by atoms with Gasteiger partial charge < -0.3 is 9.80 Å². The zero-order chi connectivity index (χ0) is 17.6. The van der Waals surface area contributed by atoms with Crippen molar-refractivity contribution in [2.24, 2.45) is 5.92 Å². The maximum atomic E-state index is 14.0. The lowest BCUT2D eigenvalue weighted by Gasteiger charge is -2.40. The standard InChI is InChI=1S/C21H29FN2O/c1-23(2)20(25)11-16-13-21(19-12-17(22)5-6-18(16)19)7-9-24(10-8-21)14-15-3-4-15/h5-6,12,15-16H,3-4,7-11,13-14H2,1-2H3/t16-/m0/s1. The molecule has 2 fully saturated rings. The smallest absolute Gasteiger partial charge is 0.222 e. The maximum Gasteiger partial charge on any atom is 0.222 e. The number of hydrogen-bond acceptors (Lipinski definition) is 2. The van der Waals surface area contributed by atoms with Crippen molar-refractivity contribution in [1.29, 1.82) is 0 Å². The Morgan fingerprint density at radius 3 is 2.64 bits per heavy atom. The number of hydrogen-bond donors (Lipinski definition) is 0. The normalized spacial score (nSPS) is 25.2. The predicted octanol–water partition coefficient (Wildman–Crippen LogP) is 3.53. The van der Waals surface area contributed by atoms with Crippen LogP contribution in [0.2, 0.25) is 0 Å². The van der Waals surface area contributed by atoms with Crippen LogP contribution in [-0.4, -0.2) is 49.4 Å². The molecule has 1 aliphatic heterocycles. The van der Waals surface area contributed by atoms with Gasteiger partial charge in [0.2, 0.25) is 5.91 Å². The molecule has 3 aliphatic rings. The van der Waals surface area contributed by atoms with Crippen LogP contribution in [0.4, 0.5) is 4.39 Å². The fourth-order valence-electron chi connectivity index (χ4n) is 4.91. The SMILES string of the molecule is CN(C)C(=O)C[C@H]1CC2(CCN(CC3CC3)CC2)c2cc(F)ccc21. The minimum Gasteiger partial charge on any atom is -0.349 e. The van der Waals surface area contributed by atoms with Crippen molar-refractivity contribution < 1.29 is 9.18 Å². The number of carbonyl (C=O) groups excluding carboxylic acids is 1. The summed E-state index contributed by atoms with van der Waals surface area (Å²) in [5, 5.41) is 0. The van der Waals surface area contributed by atoms with Crippen LogP contribution in [0.1, 0.15) is 55.6 Å².